The molecule has 152 valence electrons. The molecule has 1 aliphatic heterocycles. The van der Waals surface area contributed by atoms with Crippen LogP contribution in [-0.2, 0) is 10.3 Å². The van der Waals surface area contributed by atoms with Gasteiger partial charge in [0.1, 0.15) is 0 Å². The molecule has 0 spiro atoms. The lowest BCUT2D eigenvalue weighted by Crippen LogP contribution is -2.45. The van der Waals surface area contributed by atoms with Gasteiger partial charge in [0, 0.05) is 11.4 Å². The molecule has 0 atom stereocenters. The number of benzene rings is 3. The first-order valence-electron chi connectivity index (χ1n) is 10.1. The van der Waals surface area contributed by atoms with Crippen molar-refractivity contribution in [2.24, 2.45) is 0 Å². The summed E-state index contributed by atoms with van der Waals surface area (Å²) >= 11 is 1.79. The lowest BCUT2D eigenvalue weighted by molar-refractivity contribution is -0.130. The van der Waals surface area contributed by atoms with Gasteiger partial charge in [-0.1, -0.05) is 78.9 Å². The van der Waals surface area contributed by atoms with Crippen LogP contribution in [0.4, 0.5) is 4.79 Å². The van der Waals surface area contributed by atoms with Gasteiger partial charge >= 0.3 is 6.03 Å². The highest BCUT2D eigenvalue weighted by atomic mass is 32.2. The van der Waals surface area contributed by atoms with Crippen LogP contribution in [0.25, 0.3) is 0 Å². The number of carbonyl (C=O) groups is 2. The Morgan fingerprint density at radius 1 is 0.733 bits per heavy atom. The highest BCUT2D eigenvalue weighted by molar-refractivity contribution is 7.99. The number of carbonyl (C=O) groups excluding carboxylic acids is 2. The van der Waals surface area contributed by atoms with Crippen molar-refractivity contribution in [3.8, 4) is 0 Å². The largest absolute Gasteiger partial charge is 0.325 e. The number of rotatable bonds is 8. The smallest absolute Gasteiger partial charge is 0.315 e. The predicted octanol–water partition coefficient (Wildman–Crippen LogP) is 5.05. The second-order valence-electron chi connectivity index (χ2n) is 7.24. The number of imide groups is 1. The molecule has 3 amide bonds. The number of amides is 3. The quantitative estimate of drug-likeness (QED) is 0.317. The van der Waals surface area contributed by atoms with Gasteiger partial charge in [0.25, 0.3) is 5.91 Å². The SMILES string of the molecule is O=C1NC(c2ccccc2)(c2ccccc2)C(=O)N1CCCCSc1ccccc1. The average molecular weight is 417 g/mol. The third-order valence-electron chi connectivity index (χ3n) is 5.31. The molecule has 30 heavy (non-hydrogen) atoms. The summed E-state index contributed by atoms with van der Waals surface area (Å²) in [5.41, 5.74) is 0.381. The Bertz CT molecular complexity index is 954. The van der Waals surface area contributed by atoms with Crippen LogP contribution < -0.4 is 5.32 Å². The van der Waals surface area contributed by atoms with E-state index in [2.05, 4.69) is 17.4 Å². The van der Waals surface area contributed by atoms with E-state index in [1.54, 1.807) is 11.8 Å². The molecule has 4 rings (SSSR count). The minimum atomic E-state index is -1.17. The molecule has 1 N–H and O–H groups in total. The van der Waals surface area contributed by atoms with Crippen molar-refractivity contribution >= 4 is 23.7 Å². The van der Waals surface area contributed by atoms with Crippen molar-refractivity contribution in [2.75, 3.05) is 12.3 Å². The van der Waals surface area contributed by atoms with Crippen LogP contribution in [0.2, 0.25) is 0 Å². The second kappa shape index (κ2) is 9.18. The summed E-state index contributed by atoms with van der Waals surface area (Å²) in [6, 6.07) is 28.9. The van der Waals surface area contributed by atoms with E-state index in [4.69, 9.17) is 0 Å². The van der Waals surface area contributed by atoms with Crippen molar-refractivity contribution in [1.82, 2.24) is 10.2 Å². The summed E-state index contributed by atoms with van der Waals surface area (Å²) < 4.78 is 0. The van der Waals surface area contributed by atoms with E-state index in [-0.39, 0.29) is 11.9 Å². The topological polar surface area (TPSA) is 49.4 Å². The van der Waals surface area contributed by atoms with Gasteiger partial charge in [0.05, 0.1) is 0 Å². The van der Waals surface area contributed by atoms with E-state index in [0.717, 1.165) is 29.7 Å². The van der Waals surface area contributed by atoms with Crippen molar-refractivity contribution in [3.63, 3.8) is 0 Å². The number of hydrogen-bond acceptors (Lipinski definition) is 3. The van der Waals surface area contributed by atoms with Crippen LogP contribution in [0.5, 0.6) is 0 Å². The van der Waals surface area contributed by atoms with E-state index < -0.39 is 5.54 Å². The molecular formula is C25H24N2O2S. The first kappa shape index (κ1) is 20.2. The molecule has 0 aliphatic carbocycles. The summed E-state index contributed by atoms with van der Waals surface area (Å²) in [5.74, 6) is 0.747. The standard InChI is InChI=1S/C25H24N2O2S/c28-23-25(20-12-4-1-5-13-20,21-14-6-2-7-15-21)26-24(29)27(23)18-10-11-19-30-22-16-8-3-9-17-22/h1-9,12-17H,10-11,18-19H2,(H,26,29). The average Bonchev–Trinajstić information content (AvgIpc) is 3.06. The molecule has 0 aromatic heterocycles. The first-order chi connectivity index (χ1) is 14.7. The Kier molecular flexibility index (Phi) is 6.19. The van der Waals surface area contributed by atoms with Crippen LogP contribution in [0.3, 0.4) is 0 Å². The van der Waals surface area contributed by atoms with Gasteiger partial charge in [-0.25, -0.2) is 4.79 Å². The summed E-state index contributed by atoms with van der Waals surface area (Å²) in [4.78, 5) is 29.0. The molecule has 1 saturated heterocycles. The zero-order chi connectivity index (χ0) is 20.8. The molecule has 0 unspecified atom stereocenters. The fourth-order valence-corrected chi connectivity index (χ4v) is 4.73. The summed E-state index contributed by atoms with van der Waals surface area (Å²) in [6.45, 7) is 0.418. The minimum absolute atomic E-state index is 0.208. The molecule has 0 radical (unpaired) electrons. The Hall–Kier alpha value is -3.05. The van der Waals surface area contributed by atoms with Crippen LogP contribution in [0.15, 0.2) is 95.9 Å². The maximum atomic E-state index is 13.6. The molecule has 4 nitrogen and oxygen atoms in total. The lowest BCUT2D eigenvalue weighted by Gasteiger charge is -2.28. The third-order valence-corrected chi connectivity index (χ3v) is 6.41. The maximum Gasteiger partial charge on any atom is 0.325 e. The van der Waals surface area contributed by atoms with Crippen LogP contribution >= 0.6 is 11.8 Å². The summed E-state index contributed by atoms with van der Waals surface area (Å²) in [6.07, 6.45) is 1.71. The molecule has 1 fully saturated rings. The first-order valence-corrected chi connectivity index (χ1v) is 11.1. The number of thioether (sulfide) groups is 1. The normalized spacial score (nSPS) is 15.3. The van der Waals surface area contributed by atoms with E-state index in [9.17, 15) is 9.59 Å². The van der Waals surface area contributed by atoms with E-state index in [1.165, 1.54) is 9.80 Å². The number of nitrogens with zero attached hydrogens (tertiary/aromatic N) is 1. The van der Waals surface area contributed by atoms with Gasteiger partial charge in [0.15, 0.2) is 5.54 Å². The fraction of sp³-hybridized carbons (Fsp3) is 0.200. The van der Waals surface area contributed by atoms with Crippen LogP contribution in [0, 0.1) is 0 Å². The Balaban J connectivity index is 1.47. The maximum absolute atomic E-state index is 13.6. The van der Waals surface area contributed by atoms with Gasteiger partial charge in [-0.15, -0.1) is 11.8 Å². The minimum Gasteiger partial charge on any atom is -0.315 e. The highest BCUT2D eigenvalue weighted by Crippen LogP contribution is 2.36. The number of hydrogen-bond donors (Lipinski definition) is 1. The monoisotopic (exact) mass is 416 g/mol. The van der Waals surface area contributed by atoms with Crippen molar-refractivity contribution in [1.29, 1.82) is 0 Å². The molecule has 0 bridgehead atoms. The van der Waals surface area contributed by atoms with Crippen LogP contribution in [0.1, 0.15) is 24.0 Å². The van der Waals surface area contributed by atoms with Crippen molar-refractivity contribution in [2.45, 2.75) is 23.3 Å². The highest BCUT2D eigenvalue weighted by Gasteiger charge is 2.53. The molecule has 3 aromatic carbocycles. The van der Waals surface area contributed by atoms with Crippen molar-refractivity contribution in [3.05, 3.63) is 102 Å². The van der Waals surface area contributed by atoms with Gasteiger partial charge in [-0.2, -0.15) is 0 Å². The Morgan fingerprint density at radius 2 is 1.27 bits per heavy atom. The van der Waals surface area contributed by atoms with E-state index >= 15 is 0 Å². The zero-order valence-corrected chi connectivity index (χ0v) is 17.5. The van der Waals surface area contributed by atoms with Crippen molar-refractivity contribution < 1.29 is 9.59 Å². The summed E-state index contributed by atoms with van der Waals surface area (Å²) in [5, 5.41) is 3.00. The van der Waals surface area contributed by atoms with Gasteiger partial charge < -0.3 is 5.32 Å². The molecule has 0 saturated carbocycles. The molecule has 1 aliphatic rings. The number of nitrogens with one attached hydrogen (secondary N) is 1. The number of unbranched alkanes of at least 4 members (excludes halogenated alkanes) is 1. The van der Waals surface area contributed by atoms with Crippen LogP contribution in [-0.4, -0.2) is 29.1 Å². The number of urea groups is 1. The molecule has 3 aromatic rings. The van der Waals surface area contributed by atoms with E-state index in [0.29, 0.717) is 6.54 Å². The third kappa shape index (κ3) is 3.98. The molecular weight excluding hydrogens is 392 g/mol. The van der Waals surface area contributed by atoms with Gasteiger partial charge in [-0.05, 0) is 41.9 Å². The molecule has 5 heteroatoms. The lowest BCUT2D eigenvalue weighted by atomic mass is 9.82. The second-order valence-corrected chi connectivity index (χ2v) is 8.41. The molecule has 1 heterocycles. The van der Waals surface area contributed by atoms with E-state index in [1.807, 2.05) is 78.9 Å². The Labute approximate surface area is 181 Å². The Morgan fingerprint density at radius 3 is 1.83 bits per heavy atom. The van der Waals surface area contributed by atoms with Gasteiger partial charge in [0.2, 0.25) is 0 Å². The predicted molar refractivity (Wildman–Crippen MR) is 120 cm³/mol. The van der Waals surface area contributed by atoms with Gasteiger partial charge in [-0.3, -0.25) is 9.69 Å². The fourth-order valence-electron chi connectivity index (χ4n) is 3.79. The zero-order valence-electron chi connectivity index (χ0n) is 16.7. The summed E-state index contributed by atoms with van der Waals surface area (Å²) in [7, 11) is 0.